The number of allylic oxidation sites excluding steroid dienone is 2. The Kier molecular flexibility index (Phi) is 4.81. The largest absolute Gasteiger partial charge is 0.340 e. The molecule has 0 aromatic rings. The molecule has 0 aliphatic heterocycles. The topological polar surface area (TPSA) is 46.3 Å². The predicted molar refractivity (Wildman–Crippen MR) is 74.1 cm³/mol. The van der Waals surface area contributed by atoms with Gasteiger partial charge in [-0.3, -0.25) is 4.79 Å². The Morgan fingerprint density at radius 2 is 2.22 bits per heavy atom. The Labute approximate surface area is 110 Å². The molecule has 3 atom stereocenters. The Hall–Kier alpha value is -0.830. The van der Waals surface area contributed by atoms with Crippen LogP contribution in [0.3, 0.4) is 0 Å². The van der Waals surface area contributed by atoms with Crippen molar-refractivity contribution < 1.29 is 4.79 Å². The molecule has 0 saturated heterocycles. The van der Waals surface area contributed by atoms with Crippen LogP contribution < -0.4 is 5.73 Å². The maximum Gasteiger partial charge on any atom is 0.223 e. The second-order valence-electron chi connectivity index (χ2n) is 5.64. The fourth-order valence-electron chi connectivity index (χ4n) is 3.51. The van der Waals surface area contributed by atoms with E-state index in [2.05, 4.69) is 24.0 Å². The molecule has 3 nitrogen and oxygen atoms in total. The van der Waals surface area contributed by atoms with Crippen LogP contribution in [-0.4, -0.2) is 29.9 Å². The first-order chi connectivity index (χ1) is 8.76. The summed E-state index contributed by atoms with van der Waals surface area (Å²) in [5, 5.41) is 0. The third-order valence-electron chi connectivity index (χ3n) is 4.53. The van der Waals surface area contributed by atoms with Crippen molar-refractivity contribution in [2.24, 2.45) is 17.6 Å². The molecule has 0 aromatic carbocycles. The standard InChI is InChI=1S/C15H26N2O/c1-2-17(14-9-5-8-13(14)11-16)15(18)10-12-6-3-4-7-12/h3,6,12-14H,2,4-5,7-11,16H2,1H3. The van der Waals surface area contributed by atoms with Crippen LogP contribution in [0.1, 0.15) is 45.4 Å². The van der Waals surface area contributed by atoms with Gasteiger partial charge < -0.3 is 10.6 Å². The zero-order valence-corrected chi connectivity index (χ0v) is 11.5. The summed E-state index contributed by atoms with van der Waals surface area (Å²) < 4.78 is 0. The highest BCUT2D eigenvalue weighted by Crippen LogP contribution is 2.30. The fourth-order valence-corrected chi connectivity index (χ4v) is 3.51. The van der Waals surface area contributed by atoms with E-state index < -0.39 is 0 Å². The van der Waals surface area contributed by atoms with Crippen molar-refractivity contribution in [1.29, 1.82) is 0 Å². The fraction of sp³-hybridized carbons (Fsp3) is 0.800. The molecular weight excluding hydrogens is 224 g/mol. The molecule has 0 bridgehead atoms. The van der Waals surface area contributed by atoms with Gasteiger partial charge in [-0.2, -0.15) is 0 Å². The minimum absolute atomic E-state index is 0.333. The van der Waals surface area contributed by atoms with Gasteiger partial charge >= 0.3 is 0 Å². The predicted octanol–water partition coefficient (Wildman–Crippen LogP) is 2.32. The molecule has 2 rings (SSSR count). The molecule has 2 aliphatic carbocycles. The van der Waals surface area contributed by atoms with E-state index in [1.54, 1.807) is 0 Å². The molecule has 18 heavy (non-hydrogen) atoms. The first-order valence-electron chi connectivity index (χ1n) is 7.42. The minimum Gasteiger partial charge on any atom is -0.340 e. The first-order valence-corrected chi connectivity index (χ1v) is 7.42. The first kappa shape index (κ1) is 13.6. The Morgan fingerprint density at radius 1 is 1.39 bits per heavy atom. The van der Waals surface area contributed by atoms with Crippen molar-refractivity contribution >= 4 is 5.91 Å². The second kappa shape index (κ2) is 6.37. The number of nitrogens with two attached hydrogens (primary N) is 1. The van der Waals surface area contributed by atoms with Crippen LogP contribution in [0.15, 0.2) is 12.2 Å². The highest BCUT2D eigenvalue weighted by Gasteiger charge is 2.33. The summed E-state index contributed by atoms with van der Waals surface area (Å²) in [4.78, 5) is 14.5. The summed E-state index contributed by atoms with van der Waals surface area (Å²) >= 11 is 0. The molecule has 2 aliphatic rings. The van der Waals surface area contributed by atoms with Crippen LogP contribution in [-0.2, 0) is 4.79 Å². The Balaban J connectivity index is 1.94. The maximum atomic E-state index is 12.4. The molecule has 2 N–H and O–H groups in total. The van der Waals surface area contributed by atoms with Crippen molar-refractivity contribution in [3.8, 4) is 0 Å². The molecule has 1 amide bonds. The summed E-state index contributed by atoms with van der Waals surface area (Å²) in [6.07, 6.45) is 10.9. The van der Waals surface area contributed by atoms with Gasteiger partial charge in [0.05, 0.1) is 0 Å². The number of hydrogen-bond acceptors (Lipinski definition) is 2. The Bertz CT molecular complexity index is 314. The normalized spacial score (nSPS) is 30.9. The van der Waals surface area contributed by atoms with Crippen LogP contribution in [0, 0.1) is 11.8 Å². The molecule has 3 unspecified atom stereocenters. The molecular formula is C15H26N2O. The van der Waals surface area contributed by atoms with E-state index in [0.29, 0.717) is 30.2 Å². The third kappa shape index (κ3) is 2.94. The molecule has 1 saturated carbocycles. The van der Waals surface area contributed by atoms with Crippen LogP contribution in [0.5, 0.6) is 0 Å². The van der Waals surface area contributed by atoms with Crippen molar-refractivity contribution in [3.63, 3.8) is 0 Å². The van der Waals surface area contributed by atoms with Crippen LogP contribution in [0.2, 0.25) is 0 Å². The van der Waals surface area contributed by atoms with Gasteiger partial charge in [0.2, 0.25) is 5.91 Å². The van der Waals surface area contributed by atoms with Crippen LogP contribution in [0.25, 0.3) is 0 Å². The zero-order valence-electron chi connectivity index (χ0n) is 11.5. The highest BCUT2D eigenvalue weighted by atomic mass is 16.2. The van der Waals surface area contributed by atoms with Crippen molar-refractivity contribution in [2.45, 2.75) is 51.5 Å². The maximum absolute atomic E-state index is 12.4. The number of rotatable bonds is 5. The molecule has 0 spiro atoms. The van der Waals surface area contributed by atoms with E-state index in [-0.39, 0.29) is 0 Å². The minimum atomic E-state index is 0.333. The van der Waals surface area contributed by atoms with Gasteiger partial charge in [0.15, 0.2) is 0 Å². The van der Waals surface area contributed by atoms with Gasteiger partial charge in [-0.05, 0) is 51.0 Å². The molecule has 0 heterocycles. The summed E-state index contributed by atoms with van der Waals surface area (Å²) in [6.45, 7) is 3.64. The van der Waals surface area contributed by atoms with Crippen LogP contribution >= 0.6 is 0 Å². The summed E-state index contributed by atoms with van der Waals surface area (Å²) in [6, 6.07) is 0.401. The van der Waals surface area contributed by atoms with Crippen molar-refractivity contribution in [2.75, 3.05) is 13.1 Å². The summed E-state index contributed by atoms with van der Waals surface area (Å²) in [5.74, 6) is 1.33. The van der Waals surface area contributed by atoms with E-state index in [9.17, 15) is 4.79 Å². The molecule has 0 radical (unpaired) electrons. The second-order valence-corrected chi connectivity index (χ2v) is 5.64. The number of nitrogens with zero attached hydrogens (tertiary/aromatic N) is 1. The molecule has 3 heteroatoms. The lowest BCUT2D eigenvalue weighted by Gasteiger charge is -2.32. The van der Waals surface area contributed by atoms with E-state index >= 15 is 0 Å². The smallest absolute Gasteiger partial charge is 0.223 e. The lowest BCUT2D eigenvalue weighted by atomic mass is 9.99. The number of carbonyl (C=O) groups is 1. The monoisotopic (exact) mass is 250 g/mol. The number of hydrogen-bond donors (Lipinski definition) is 1. The molecule has 1 fully saturated rings. The average Bonchev–Trinajstić information content (AvgIpc) is 3.01. The van der Waals surface area contributed by atoms with E-state index in [1.165, 1.54) is 12.8 Å². The van der Waals surface area contributed by atoms with Gasteiger partial charge in [0, 0.05) is 19.0 Å². The quantitative estimate of drug-likeness (QED) is 0.761. The highest BCUT2D eigenvalue weighted by molar-refractivity contribution is 5.77. The SMILES string of the molecule is CCN(C(=O)CC1C=CCC1)C1CCCC1CN. The third-order valence-corrected chi connectivity index (χ3v) is 4.53. The number of amides is 1. The number of carbonyl (C=O) groups excluding carboxylic acids is 1. The van der Waals surface area contributed by atoms with E-state index in [1.807, 2.05) is 0 Å². The molecule has 102 valence electrons. The summed E-state index contributed by atoms with van der Waals surface area (Å²) in [7, 11) is 0. The summed E-state index contributed by atoms with van der Waals surface area (Å²) in [5.41, 5.74) is 5.83. The van der Waals surface area contributed by atoms with Crippen LogP contribution in [0.4, 0.5) is 0 Å². The van der Waals surface area contributed by atoms with Gasteiger partial charge in [-0.25, -0.2) is 0 Å². The Morgan fingerprint density at radius 3 is 2.83 bits per heavy atom. The average molecular weight is 250 g/mol. The zero-order chi connectivity index (χ0) is 13.0. The van der Waals surface area contributed by atoms with Crippen molar-refractivity contribution in [3.05, 3.63) is 12.2 Å². The lowest BCUT2D eigenvalue weighted by molar-refractivity contribution is -0.134. The van der Waals surface area contributed by atoms with Crippen molar-refractivity contribution in [1.82, 2.24) is 4.90 Å². The van der Waals surface area contributed by atoms with Gasteiger partial charge in [0.25, 0.3) is 0 Å². The van der Waals surface area contributed by atoms with E-state index in [4.69, 9.17) is 5.73 Å². The van der Waals surface area contributed by atoms with E-state index in [0.717, 1.165) is 32.4 Å². The lowest BCUT2D eigenvalue weighted by Crippen LogP contribution is -2.44. The van der Waals surface area contributed by atoms with Gasteiger partial charge in [-0.15, -0.1) is 0 Å². The molecule has 0 aromatic heterocycles. The van der Waals surface area contributed by atoms with Gasteiger partial charge in [-0.1, -0.05) is 18.6 Å². The van der Waals surface area contributed by atoms with Gasteiger partial charge in [0.1, 0.15) is 0 Å².